The van der Waals surface area contributed by atoms with Gasteiger partial charge >= 0.3 is 0 Å². The van der Waals surface area contributed by atoms with E-state index in [-0.39, 0.29) is 18.4 Å². The van der Waals surface area contributed by atoms with Gasteiger partial charge in [-0.3, -0.25) is 0 Å². The summed E-state index contributed by atoms with van der Waals surface area (Å²) in [4.78, 5) is 9.23. The lowest BCUT2D eigenvalue weighted by Crippen LogP contribution is -2.36. The van der Waals surface area contributed by atoms with Gasteiger partial charge in [0.15, 0.2) is 11.4 Å². The summed E-state index contributed by atoms with van der Waals surface area (Å²) in [6.07, 6.45) is 7.37. The van der Waals surface area contributed by atoms with E-state index in [0.717, 1.165) is 57.6 Å². The van der Waals surface area contributed by atoms with E-state index in [0.29, 0.717) is 0 Å². The fraction of sp³-hybridized carbons (Fsp3) is 0.364. The lowest BCUT2D eigenvalue weighted by atomic mass is 9.93. The third-order valence-electron chi connectivity index (χ3n) is 5.69. The first kappa shape index (κ1) is 18.5. The van der Waals surface area contributed by atoms with E-state index in [4.69, 9.17) is 9.72 Å². The zero-order chi connectivity index (χ0) is 19.8. The van der Waals surface area contributed by atoms with Gasteiger partial charge in [0.25, 0.3) is 0 Å². The molecule has 2 N–H and O–H groups in total. The molecule has 0 bridgehead atoms. The lowest BCUT2D eigenvalue weighted by Gasteiger charge is -2.27. The summed E-state index contributed by atoms with van der Waals surface area (Å²) in [5.41, 5.74) is 2.91. The summed E-state index contributed by atoms with van der Waals surface area (Å²) in [7, 11) is 1.72. The number of nitrogens with one attached hydrogen (secondary N) is 1. The number of aliphatic hydroxyl groups is 1. The number of hydrogen-bond acceptors (Lipinski definition) is 6. The van der Waals surface area contributed by atoms with E-state index >= 15 is 0 Å². The number of aliphatic hydroxyl groups excluding tert-OH is 1. The molecular weight excluding hydrogens is 384 g/mol. The SMILES string of the molecule is COC(c1ccc2nc(N[C@@H]3CCCC[C@H]3O)sc2c1)n1ccc2cccnc21. The molecule has 6 nitrogen and oxygen atoms in total. The molecule has 0 aliphatic heterocycles. The van der Waals surface area contributed by atoms with Crippen LogP contribution in [0.2, 0.25) is 0 Å². The molecule has 1 aliphatic carbocycles. The van der Waals surface area contributed by atoms with Crippen LogP contribution in [0.15, 0.2) is 48.8 Å². The zero-order valence-corrected chi connectivity index (χ0v) is 17.1. The van der Waals surface area contributed by atoms with E-state index in [9.17, 15) is 5.11 Å². The lowest BCUT2D eigenvalue weighted by molar-refractivity contribution is 0.0819. The van der Waals surface area contributed by atoms with E-state index in [1.807, 2.05) is 18.3 Å². The number of ether oxygens (including phenoxy) is 1. The van der Waals surface area contributed by atoms with Crippen molar-refractivity contribution in [3.63, 3.8) is 0 Å². The first-order valence-electron chi connectivity index (χ1n) is 10.0. The molecule has 4 aromatic rings. The highest BCUT2D eigenvalue weighted by atomic mass is 32.1. The maximum absolute atomic E-state index is 10.2. The van der Waals surface area contributed by atoms with Crippen molar-refractivity contribution >= 4 is 37.7 Å². The van der Waals surface area contributed by atoms with Crippen LogP contribution < -0.4 is 5.32 Å². The molecule has 0 spiro atoms. The molecule has 0 amide bonds. The highest BCUT2D eigenvalue weighted by Crippen LogP contribution is 2.32. The minimum Gasteiger partial charge on any atom is -0.391 e. The number of aromatic nitrogens is 3. The van der Waals surface area contributed by atoms with Crippen molar-refractivity contribution in [2.45, 2.75) is 44.1 Å². The molecule has 150 valence electrons. The first-order chi connectivity index (χ1) is 14.2. The van der Waals surface area contributed by atoms with E-state index < -0.39 is 0 Å². The number of thiazole rings is 1. The number of fused-ring (bicyclic) bond motifs is 2. The van der Waals surface area contributed by atoms with Crippen molar-refractivity contribution in [1.82, 2.24) is 14.5 Å². The number of pyridine rings is 1. The van der Waals surface area contributed by atoms with Crippen LogP contribution in [0.5, 0.6) is 0 Å². The topological polar surface area (TPSA) is 72.2 Å². The van der Waals surface area contributed by atoms with Crippen LogP contribution in [-0.4, -0.2) is 38.9 Å². The first-order valence-corrected chi connectivity index (χ1v) is 10.8. The molecule has 1 unspecified atom stereocenters. The largest absolute Gasteiger partial charge is 0.391 e. The number of rotatable bonds is 5. The number of nitrogens with zero attached hydrogens (tertiary/aromatic N) is 3. The Balaban J connectivity index is 1.45. The average Bonchev–Trinajstić information content (AvgIpc) is 3.34. The maximum Gasteiger partial charge on any atom is 0.184 e. The third-order valence-corrected chi connectivity index (χ3v) is 6.64. The van der Waals surface area contributed by atoms with Gasteiger partial charge in [0, 0.05) is 30.5 Å². The summed E-state index contributed by atoms with van der Waals surface area (Å²) in [5, 5.41) is 15.6. The molecule has 0 saturated heterocycles. The van der Waals surface area contributed by atoms with Gasteiger partial charge < -0.3 is 19.7 Å². The molecule has 1 fully saturated rings. The zero-order valence-electron chi connectivity index (χ0n) is 16.3. The number of methoxy groups -OCH3 is 1. The summed E-state index contributed by atoms with van der Waals surface area (Å²) in [5.74, 6) is 0. The molecule has 29 heavy (non-hydrogen) atoms. The molecule has 7 heteroatoms. The van der Waals surface area contributed by atoms with Gasteiger partial charge in [-0.15, -0.1) is 0 Å². The predicted octanol–water partition coefficient (Wildman–Crippen LogP) is 4.55. The monoisotopic (exact) mass is 408 g/mol. The highest BCUT2D eigenvalue weighted by Gasteiger charge is 2.24. The van der Waals surface area contributed by atoms with Crippen molar-refractivity contribution in [2.24, 2.45) is 0 Å². The Kier molecular flexibility index (Phi) is 4.95. The normalized spacial score (nSPS) is 20.9. The predicted molar refractivity (Wildman–Crippen MR) is 116 cm³/mol. The number of benzene rings is 1. The molecular formula is C22H24N4O2S. The fourth-order valence-corrected chi connectivity index (χ4v) is 5.16. The minimum atomic E-state index is -0.293. The van der Waals surface area contributed by atoms with Gasteiger partial charge in [-0.1, -0.05) is 30.2 Å². The Labute approximate surface area is 173 Å². The second kappa shape index (κ2) is 7.74. The number of hydrogen-bond donors (Lipinski definition) is 2. The molecule has 1 saturated carbocycles. The Morgan fingerprint density at radius 1 is 1.24 bits per heavy atom. The van der Waals surface area contributed by atoms with Crippen LogP contribution in [0.4, 0.5) is 5.13 Å². The van der Waals surface area contributed by atoms with Crippen LogP contribution in [0.3, 0.4) is 0 Å². The summed E-state index contributed by atoms with van der Waals surface area (Å²) < 4.78 is 8.99. The molecule has 1 aliphatic rings. The molecule has 3 aromatic heterocycles. The smallest absolute Gasteiger partial charge is 0.184 e. The van der Waals surface area contributed by atoms with Crippen LogP contribution in [0, 0.1) is 0 Å². The number of anilines is 1. The fourth-order valence-electron chi connectivity index (χ4n) is 4.18. The van der Waals surface area contributed by atoms with Crippen molar-refractivity contribution in [1.29, 1.82) is 0 Å². The Morgan fingerprint density at radius 2 is 2.14 bits per heavy atom. The standard InChI is InChI=1S/C22H24N4O2S/c1-28-21(26-12-10-14-5-4-11-23-20(14)26)15-8-9-17-19(13-15)29-22(25-17)24-16-6-2-3-7-18(16)27/h4-5,8-13,16,18,21,27H,2-3,6-7H2,1H3,(H,24,25)/t16-,18-,21?/m1/s1. The quantitative estimate of drug-likeness (QED) is 0.507. The van der Waals surface area contributed by atoms with Gasteiger partial charge in [-0.05, 0) is 43.2 Å². The summed E-state index contributed by atoms with van der Waals surface area (Å²) in [6, 6.07) is 12.4. The van der Waals surface area contributed by atoms with Crippen LogP contribution in [-0.2, 0) is 4.74 Å². The molecule has 0 radical (unpaired) electrons. The maximum atomic E-state index is 10.2. The van der Waals surface area contributed by atoms with Crippen LogP contribution in [0.25, 0.3) is 21.3 Å². The minimum absolute atomic E-state index is 0.0906. The van der Waals surface area contributed by atoms with Gasteiger partial charge in [0.2, 0.25) is 0 Å². The summed E-state index contributed by atoms with van der Waals surface area (Å²) in [6.45, 7) is 0. The second-order valence-corrected chi connectivity index (χ2v) is 8.61. The van der Waals surface area contributed by atoms with Gasteiger partial charge in [-0.25, -0.2) is 9.97 Å². The Hall–Kier alpha value is -2.48. The van der Waals surface area contributed by atoms with Crippen molar-refractivity contribution < 1.29 is 9.84 Å². The molecule has 1 aromatic carbocycles. The molecule has 5 rings (SSSR count). The molecule has 3 heterocycles. The third kappa shape index (κ3) is 3.50. The van der Waals surface area contributed by atoms with Crippen molar-refractivity contribution in [2.75, 3.05) is 12.4 Å². The Morgan fingerprint density at radius 3 is 3.00 bits per heavy atom. The summed E-state index contributed by atoms with van der Waals surface area (Å²) >= 11 is 1.62. The van der Waals surface area contributed by atoms with E-state index in [1.54, 1.807) is 24.6 Å². The van der Waals surface area contributed by atoms with Crippen LogP contribution >= 0.6 is 11.3 Å². The average molecular weight is 409 g/mol. The van der Waals surface area contributed by atoms with Gasteiger partial charge in [-0.2, -0.15) is 0 Å². The molecule has 3 atom stereocenters. The van der Waals surface area contributed by atoms with E-state index in [1.165, 1.54) is 0 Å². The van der Waals surface area contributed by atoms with Gasteiger partial charge in [0.1, 0.15) is 5.65 Å². The van der Waals surface area contributed by atoms with E-state index in [2.05, 4.69) is 39.1 Å². The highest BCUT2D eigenvalue weighted by molar-refractivity contribution is 7.22. The second-order valence-electron chi connectivity index (χ2n) is 7.58. The Bertz CT molecular complexity index is 1140. The van der Waals surface area contributed by atoms with Crippen molar-refractivity contribution in [3.8, 4) is 0 Å². The van der Waals surface area contributed by atoms with Gasteiger partial charge in [0.05, 0.1) is 22.4 Å². The van der Waals surface area contributed by atoms with Crippen molar-refractivity contribution in [3.05, 3.63) is 54.4 Å². The van der Waals surface area contributed by atoms with Crippen LogP contribution in [0.1, 0.15) is 37.5 Å².